The van der Waals surface area contributed by atoms with Gasteiger partial charge in [0.2, 0.25) is 0 Å². The van der Waals surface area contributed by atoms with Gasteiger partial charge in [0, 0.05) is 30.6 Å². The van der Waals surface area contributed by atoms with Crippen molar-refractivity contribution < 1.29 is 28.6 Å². The zero-order chi connectivity index (χ0) is 22.2. The van der Waals surface area contributed by atoms with Gasteiger partial charge in [0.25, 0.3) is 0 Å². The number of ether oxygens (including phenoxy) is 3. The molecule has 5 aliphatic rings. The van der Waals surface area contributed by atoms with Gasteiger partial charge >= 0.3 is 5.97 Å². The quantitative estimate of drug-likeness (QED) is 0.619. The molecule has 8 atom stereocenters. The zero-order valence-corrected chi connectivity index (χ0v) is 19.3. The molecule has 0 N–H and O–H groups in total. The highest BCUT2D eigenvalue weighted by Crippen LogP contribution is 2.68. The third kappa shape index (κ3) is 3.00. The van der Waals surface area contributed by atoms with Gasteiger partial charge in [-0.2, -0.15) is 0 Å². The number of carbonyl (C=O) groups is 3. The summed E-state index contributed by atoms with van der Waals surface area (Å²) in [7, 11) is 0. The monoisotopic (exact) mass is 432 g/mol. The number of esters is 1. The number of carbonyl (C=O) groups excluding carboxylic acids is 3. The van der Waals surface area contributed by atoms with Gasteiger partial charge in [0.15, 0.2) is 5.79 Å². The van der Waals surface area contributed by atoms with Crippen LogP contribution in [0.2, 0.25) is 0 Å². The van der Waals surface area contributed by atoms with Crippen LogP contribution in [0.4, 0.5) is 0 Å². The Hall–Kier alpha value is -1.27. The maximum Gasteiger partial charge on any atom is 0.302 e. The van der Waals surface area contributed by atoms with Crippen LogP contribution in [0.3, 0.4) is 0 Å². The van der Waals surface area contributed by atoms with Crippen LogP contribution in [0.5, 0.6) is 0 Å². The van der Waals surface area contributed by atoms with Crippen molar-refractivity contribution in [1.82, 2.24) is 0 Å². The second kappa shape index (κ2) is 7.11. The van der Waals surface area contributed by atoms with E-state index in [1.807, 2.05) is 0 Å². The molecule has 5 fully saturated rings. The summed E-state index contributed by atoms with van der Waals surface area (Å²) in [5.41, 5.74) is -0.702. The van der Waals surface area contributed by atoms with Crippen molar-refractivity contribution >= 4 is 17.5 Å². The van der Waals surface area contributed by atoms with E-state index in [0.29, 0.717) is 31.5 Å². The fraction of sp³-hybridized carbons (Fsp3) is 0.880. The SMILES string of the molecule is CC(=O)O[C@@H]1C[C@@]2(C)[C@H](CC[C@H]2C(C)=O)[C@@H]2CC[C@@H]3CC4(CC(=O)[C@]3(C)[C@H]21)OCCO4. The molecule has 4 aliphatic carbocycles. The Morgan fingerprint density at radius 3 is 2.35 bits per heavy atom. The first kappa shape index (κ1) is 21.6. The third-order valence-electron chi connectivity index (χ3n) is 10.0. The first-order valence-corrected chi connectivity index (χ1v) is 12.1. The maximum absolute atomic E-state index is 13.8. The second-order valence-corrected chi connectivity index (χ2v) is 11.4. The smallest absolute Gasteiger partial charge is 0.302 e. The molecule has 1 aliphatic heterocycles. The lowest BCUT2D eigenvalue weighted by atomic mass is 9.43. The molecule has 0 bridgehead atoms. The lowest BCUT2D eigenvalue weighted by molar-refractivity contribution is -0.234. The topological polar surface area (TPSA) is 78.9 Å². The maximum atomic E-state index is 13.8. The highest BCUT2D eigenvalue weighted by Gasteiger charge is 2.68. The van der Waals surface area contributed by atoms with Gasteiger partial charge < -0.3 is 14.2 Å². The lowest BCUT2D eigenvalue weighted by Crippen LogP contribution is -2.64. The number of Topliss-reactive ketones (excluding diaryl/α,β-unsaturated/α-hetero) is 2. The van der Waals surface area contributed by atoms with Crippen molar-refractivity contribution in [2.24, 2.45) is 40.4 Å². The van der Waals surface area contributed by atoms with Crippen LogP contribution in [-0.2, 0) is 28.6 Å². The number of hydrogen-bond donors (Lipinski definition) is 0. The first-order chi connectivity index (χ1) is 14.6. The summed E-state index contributed by atoms with van der Waals surface area (Å²) in [6.45, 7) is 8.61. The van der Waals surface area contributed by atoms with Gasteiger partial charge in [0.1, 0.15) is 17.7 Å². The Labute approximate surface area is 184 Å². The molecule has 0 amide bonds. The van der Waals surface area contributed by atoms with E-state index in [0.717, 1.165) is 32.1 Å². The van der Waals surface area contributed by atoms with Crippen molar-refractivity contribution in [2.45, 2.75) is 84.5 Å². The molecule has 0 aromatic rings. The van der Waals surface area contributed by atoms with Gasteiger partial charge in [-0.15, -0.1) is 0 Å². The number of ketones is 2. The molecule has 6 nitrogen and oxygen atoms in total. The van der Waals surface area contributed by atoms with Crippen molar-refractivity contribution in [3.63, 3.8) is 0 Å². The van der Waals surface area contributed by atoms with Crippen LogP contribution in [0.25, 0.3) is 0 Å². The minimum Gasteiger partial charge on any atom is -0.462 e. The Balaban J connectivity index is 1.53. The molecule has 0 radical (unpaired) electrons. The van der Waals surface area contributed by atoms with E-state index >= 15 is 0 Å². The summed E-state index contributed by atoms with van der Waals surface area (Å²) in [4.78, 5) is 38.4. The third-order valence-corrected chi connectivity index (χ3v) is 10.0. The number of rotatable bonds is 2. The Morgan fingerprint density at radius 2 is 1.71 bits per heavy atom. The standard InChI is InChI=1S/C25H36O6/c1-14(26)18-7-8-19-17-6-5-16-11-25(29-9-10-30-25)13-21(28)24(16,4)22(17)20(31-15(2)27)12-23(18,19)3/h16-20,22H,5-13H2,1-4H3/t16-,17+,18+,19-,20-,22-,23-,24-/m1/s1. The molecule has 31 heavy (non-hydrogen) atoms. The van der Waals surface area contributed by atoms with Crippen molar-refractivity contribution in [1.29, 1.82) is 0 Å². The number of hydrogen-bond acceptors (Lipinski definition) is 6. The van der Waals surface area contributed by atoms with Crippen LogP contribution in [-0.4, -0.2) is 42.6 Å². The minimum atomic E-state index is -0.749. The van der Waals surface area contributed by atoms with E-state index in [9.17, 15) is 14.4 Å². The predicted molar refractivity (Wildman–Crippen MR) is 112 cm³/mol. The van der Waals surface area contributed by atoms with Gasteiger partial charge in [-0.05, 0) is 62.2 Å². The molecule has 172 valence electrons. The molecule has 1 spiro atoms. The van der Waals surface area contributed by atoms with Crippen molar-refractivity contribution in [3.8, 4) is 0 Å². The molecule has 5 rings (SSSR count). The van der Waals surface area contributed by atoms with Gasteiger partial charge in [-0.3, -0.25) is 14.4 Å². The van der Waals surface area contributed by atoms with Crippen LogP contribution in [0, 0.1) is 40.4 Å². The van der Waals surface area contributed by atoms with E-state index in [2.05, 4.69) is 13.8 Å². The van der Waals surface area contributed by atoms with Crippen molar-refractivity contribution in [3.05, 3.63) is 0 Å². The summed E-state index contributed by atoms with van der Waals surface area (Å²) >= 11 is 0. The molecule has 0 aromatic carbocycles. The van der Waals surface area contributed by atoms with E-state index in [1.54, 1.807) is 6.92 Å². The Kier molecular flexibility index (Phi) is 4.95. The summed E-state index contributed by atoms with van der Waals surface area (Å²) in [5, 5.41) is 0. The van der Waals surface area contributed by atoms with E-state index in [1.165, 1.54) is 6.92 Å². The van der Waals surface area contributed by atoms with Gasteiger partial charge in [-0.25, -0.2) is 0 Å². The van der Waals surface area contributed by atoms with Crippen LogP contribution >= 0.6 is 0 Å². The lowest BCUT2D eigenvalue weighted by Gasteiger charge is -2.62. The van der Waals surface area contributed by atoms with Gasteiger partial charge in [-0.1, -0.05) is 13.8 Å². The zero-order valence-electron chi connectivity index (χ0n) is 19.3. The van der Waals surface area contributed by atoms with Crippen LogP contribution in [0.1, 0.15) is 72.6 Å². The summed E-state index contributed by atoms with van der Waals surface area (Å²) < 4.78 is 17.8. The normalized spacial score (nSPS) is 48.1. The summed E-state index contributed by atoms with van der Waals surface area (Å²) in [6.07, 6.45) is 5.29. The number of fused-ring (bicyclic) bond motifs is 5. The molecule has 4 saturated carbocycles. The molecule has 6 heteroatoms. The van der Waals surface area contributed by atoms with E-state index in [4.69, 9.17) is 14.2 Å². The fourth-order valence-electron chi connectivity index (χ4n) is 8.85. The fourth-order valence-corrected chi connectivity index (χ4v) is 8.85. The van der Waals surface area contributed by atoms with Gasteiger partial charge in [0.05, 0.1) is 19.6 Å². The Bertz CT molecular complexity index is 800. The molecule has 0 aromatic heterocycles. The second-order valence-electron chi connectivity index (χ2n) is 11.4. The van der Waals surface area contributed by atoms with E-state index < -0.39 is 11.2 Å². The van der Waals surface area contributed by atoms with E-state index in [-0.39, 0.29) is 53.2 Å². The van der Waals surface area contributed by atoms with Crippen LogP contribution < -0.4 is 0 Å². The largest absolute Gasteiger partial charge is 0.462 e. The first-order valence-electron chi connectivity index (χ1n) is 12.1. The van der Waals surface area contributed by atoms with Crippen molar-refractivity contribution in [2.75, 3.05) is 13.2 Å². The molecule has 1 heterocycles. The molecule has 1 saturated heterocycles. The minimum absolute atomic E-state index is 0.00480. The molecular formula is C25H36O6. The Morgan fingerprint density at radius 1 is 1.00 bits per heavy atom. The highest BCUT2D eigenvalue weighted by atomic mass is 16.7. The average molecular weight is 433 g/mol. The average Bonchev–Trinajstić information content (AvgIpc) is 3.26. The van der Waals surface area contributed by atoms with Crippen LogP contribution in [0.15, 0.2) is 0 Å². The predicted octanol–water partition coefficient (Wildman–Crippen LogP) is 3.70. The molecule has 0 unspecified atom stereocenters. The summed E-state index contributed by atoms with van der Waals surface area (Å²) in [6, 6.07) is 0. The highest BCUT2D eigenvalue weighted by molar-refractivity contribution is 5.87. The summed E-state index contributed by atoms with van der Waals surface area (Å²) in [5.74, 6) is 0.296. The molecular weight excluding hydrogens is 396 g/mol.